The van der Waals surface area contributed by atoms with Gasteiger partial charge in [0.1, 0.15) is 0 Å². The normalized spacial score (nSPS) is 15.4. The smallest absolute Gasteiger partial charge is 0.221 e. The molecule has 0 spiro atoms. The van der Waals surface area contributed by atoms with Crippen molar-refractivity contribution >= 4 is 52.2 Å². The van der Waals surface area contributed by atoms with E-state index >= 15 is 0 Å². The summed E-state index contributed by atoms with van der Waals surface area (Å²) in [4.78, 5) is 18.3. The number of hydrogen-bond donors (Lipinski definition) is 3. The maximum Gasteiger partial charge on any atom is 0.221 e. The van der Waals surface area contributed by atoms with E-state index in [0.29, 0.717) is 19.0 Å². The molecule has 142 valence electrons. The molecule has 0 saturated carbocycles. The number of amides is 1. The van der Waals surface area contributed by atoms with Crippen LogP contribution in [0.25, 0.3) is 0 Å². The Labute approximate surface area is 171 Å². The van der Waals surface area contributed by atoms with Gasteiger partial charge in [0, 0.05) is 45.7 Å². The number of nitrogens with one attached hydrogen (secondary N) is 3. The molecule has 0 radical (unpaired) electrons. The molecule has 8 heteroatoms. The summed E-state index contributed by atoms with van der Waals surface area (Å²) in [5.41, 5.74) is 0. The number of guanidine groups is 1. The summed E-state index contributed by atoms with van der Waals surface area (Å²) in [6.07, 6.45) is 3.62. The fourth-order valence-electron chi connectivity index (χ4n) is 2.73. The van der Waals surface area contributed by atoms with Crippen LogP contribution < -0.4 is 20.9 Å². The number of anilines is 1. The minimum atomic E-state index is 0. The zero-order valence-electron chi connectivity index (χ0n) is 15.1. The second-order valence-electron chi connectivity index (χ2n) is 5.96. The van der Waals surface area contributed by atoms with Crippen LogP contribution in [0.15, 0.2) is 22.5 Å². The highest BCUT2D eigenvalue weighted by Gasteiger charge is 2.20. The average Bonchev–Trinajstić information content (AvgIpc) is 3.14. The van der Waals surface area contributed by atoms with Crippen molar-refractivity contribution in [2.45, 2.75) is 38.6 Å². The maximum atomic E-state index is 11.6. The van der Waals surface area contributed by atoms with Crippen molar-refractivity contribution in [2.75, 3.05) is 38.1 Å². The molecule has 0 bridgehead atoms. The van der Waals surface area contributed by atoms with Crippen LogP contribution in [-0.2, 0) is 4.79 Å². The first-order chi connectivity index (χ1) is 11.7. The van der Waals surface area contributed by atoms with Crippen molar-refractivity contribution in [1.82, 2.24) is 16.0 Å². The summed E-state index contributed by atoms with van der Waals surface area (Å²) >= 11 is 1.80. The van der Waals surface area contributed by atoms with Crippen LogP contribution in [0.2, 0.25) is 0 Å². The van der Waals surface area contributed by atoms with Crippen LogP contribution in [0, 0.1) is 0 Å². The molecule has 0 aromatic carbocycles. The Hall–Kier alpha value is -1.03. The highest BCUT2D eigenvalue weighted by molar-refractivity contribution is 14.0. The molecule has 6 nitrogen and oxygen atoms in total. The van der Waals surface area contributed by atoms with E-state index in [4.69, 9.17) is 0 Å². The van der Waals surface area contributed by atoms with Crippen LogP contribution in [-0.4, -0.2) is 51.1 Å². The highest BCUT2D eigenvalue weighted by Crippen LogP contribution is 2.24. The average molecular weight is 479 g/mol. The van der Waals surface area contributed by atoms with Gasteiger partial charge in [0.2, 0.25) is 5.91 Å². The van der Waals surface area contributed by atoms with Crippen LogP contribution in [0.1, 0.15) is 32.6 Å². The molecule has 0 unspecified atom stereocenters. The lowest BCUT2D eigenvalue weighted by Crippen LogP contribution is -2.49. The molecule has 1 fully saturated rings. The zero-order chi connectivity index (χ0) is 17.2. The van der Waals surface area contributed by atoms with Gasteiger partial charge >= 0.3 is 0 Å². The predicted octanol–water partition coefficient (Wildman–Crippen LogP) is 2.42. The molecule has 1 aromatic heterocycles. The minimum Gasteiger partial charge on any atom is -0.363 e. The number of hydrogen-bond acceptors (Lipinski definition) is 4. The summed E-state index contributed by atoms with van der Waals surface area (Å²) in [7, 11) is 1.77. The quantitative estimate of drug-likeness (QED) is 0.319. The van der Waals surface area contributed by atoms with Crippen molar-refractivity contribution in [1.29, 1.82) is 0 Å². The Bertz CT molecular complexity index is 515. The van der Waals surface area contributed by atoms with E-state index < -0.39 is 0 Å². The predicted molar refractivity (Wildman–Crippen MR) is 117 cm³/mol. The van der Waals surface area contributed by atoms with Gasteiger partial charge in [0.05, 0.1) is 5.00 Å². The molecular weight excluding hydrogens is 449 g/mol. The van der Waals surface area contributed by atoms with Crippen molar-refractivity contribution in [3.63, 3.8) is 0 Å². The topological polar surface area (TPSA) is 68.8 Å². The summed E-state index contributed by atoms with van der Waals surface area (Å²) in [6, 6.07) is 4.72. The Morgan fingerprint density at radius 1 is 1.32 bits per heavy atom. The third-order valence-corrected chi connectivity index (χ3v) is 5.02. The van der Waals surface area contributed by atoms with E-state index in [1.165, 1.54) is 5.00 Å². The number of nitrogens with zero attached hydrogens (tertiary/aromatic N) is 2. The molecule has 3 N–H and O–H groups in total. The molecule has 0 atom stereocenters. The third kappa shape index (κ3) is 7.81. The molecule has 1 aromatic rings. The van der Waals surface area contributed by atoms with Crippen molar-refractivity contribution < 1.29 is 4.79 Å². The Balaban J connectivity index is 0.00000312. The molecule has 1 aliphatic rings. The number of aliphatic imine (C=N–C) groups is 1. The molecule has 0 aliphatic carbocycles. The Morgan fingerprint density at radius 3 is 2.68 bits per heavy atom. The number of rotatable bonds is 7. The lowest BCUT2D eigenvalue weighted by atomic mass is 10.1. The molecule has 2 rings (SSSR count). The van der Waals surface area contributed by atoms with Crippen LogP contribution in [0.3, 0.4) is 0 Å². The molecule has 2 heterocycles. The van der Waals surface area contributed by atoms with E-state index in [0.717, 1.165) is 44.9 Å². The molecule has 1 saturated heterocycles. The van der Waals surface area contributed by atoms with Gasteiger partial charge < -0.3 is 20.9 Å². The van der Waals surface area contributed by atoms with Gasteiger partial charge in [-0.2, -0.15) is 0 Å². The highest BCUT2D eigenvalue weighted by atomic mass is 127. The van der Waals surface area contributed by atoms with Gasteiger partial charge in [-0.1, -0.05) is 6.92 Å². The van der Waals surface area contributed by atoms with Gasteiger partial charge in [-0.05, 0) is 36.8 Å². The van der Waals surface area contributed by atoms with Crippen molar-refractivity contribution in [3.8, 4) is 0 Å². The second-order valence-corrected chi connectivity index (χ2v) is 6.88. The fourth-order valence-corrected chi connectivity index (χ4v) is 3.51. The monoisotopic (exact) mass is 479 g/mol. The van der Waals surface area contributed by atoms with E-state index in [-0.39, 0.29) is 29.9 Å². The first-order valence-corrected chi connectivity index (χ1v) is 9.63. The number of carbonyl (C=O) groups excluding carboxylic acids is 1. The van der Waals surface area contributed by atoms with Gasteiger partial charge in [-0.25, -0.2) is 0 Å². The summed E-state index contributed by atoms with van der Waals surface area (Å²) in [6.45, 7) is 5.52. The largest absolute Gasteiger partial charge is 0.363 e. The zero-order valence-corrected chi connectivity index (χ0v) is 18.2. The second kappa shape index (κ2) is 12.3. The first kappa shape index (κ1) is 22.0. The van der Waals surface area contributed by atoms with Crippen LogP contribution >= 0.6 is 35.3 Å². The lowest BCUT2D eigenvalue weighted by Gasteiger charge is -2.33. The first-order valence-electron chi connectivity index (χ1n) is 8.75. The summed E-state index contributed by atoms with van der Waals surface area (Å²) in [5, 5.41) is 13.1. The van der Waals surface area contributed by atoms with E-state index in [2.05, 4.69) is 43.4 Å². The summed E-state index contributed by atoms with van der Waals surface area (Å²) in [5.74, 6) is 0.872. The Morgan fingerprint density at radius 2 is 2.08 bits per heavy atom. The summed E-state index contributed by atoms with van der Waals surface area (Å²) < 4.78 is 0. The van der Waals surface area contributed by atoms with Crippen molar-refractivity contribution in [2.24, 2.45) is 4.99 Å². The van der Waals surface area contributed by atoms with Crippen LogP contribution in [0.4, 0.5) is 5.00 Å². The van der Waals surface area contributed by atoms with Gasteiger partial charge in [-0.15, -0.1) is 35.3 Å². The SMILES string of the molecule is CCCNC(=O)CCNC(=NC)NC1CCN(c2cccs2)CC1.I. The Kier molecular flexibility index (Phi) is 10.9. The number of piperidine rings is 1. The van der Waals surface area contributed by atoms with Gasteiger partial charge in [0.25, 0.3) is 0 Å². The van der Waals surface area contributed by atoms with Crippen LogP contribution in [0.5, 0.6) is 0 Å². The molecular formula is C17H30IN5OS. The molecule has 1 amide bonds. The number of thiophene rings is 1. The minimum absolute atomic E-state index is 0. The fraction of sp³-hybridized carbons (Fsp3) is 0.647. The van der Waals surface area contributed by atoms with Gasteiger partial charge in [0.15, 0.2) is 5.96 Å². The number of carbonyl (C=O) groups is 1. The van der Waals surface area contributed by atoms with Gasteiger partial charge in [-0.3, -0.25) is 9.79 Å². The van der Waals surface area contributed by atoms with E-state index in [9.17, 15) is 4.79 Å². The standard InChI is InChI=1S/C17H29N5OS.HI/c1-3-9-19-15(23)6-10-20-17(18-2)21-14-7-11-22(12-8-14)16-5-4-13-24-16;/h4-5,13-14H,3,6-12H2,1-2H3,(H,19,23)(H2,18,20,21);1H. The van der Waals surface area contributed by atoms with E-state index in [1.54, 1.807) is 18.4 Å². The lowest BCUT2D eigenvalue weighted by molar-refractivity contribution is -0.120. The number of halogens is 1. The third-order valence-electron chi connectivity index (χ3n) is 4.09. The van der Waals surface area contributed by atoms with Crippen molar-refractivity contribution in [3.05, 3.63) is 17.5 Å². The molecule has 25 heavy (non-hydrogen) atoms. The maximum absolute atomic E-state index is 11.6. The molecule has 1 aliphatic heterocycles. The van der Waals surface area contributed by atoms with E-state index in [1.807, 2.05) is 6.92 Å².